The Morgan fingerprint density at radius 2 is 1.88 bits per heavy atom. The third kappa shape index (κ3) is 4.23. The summed E-state index contributed by atoms with van der Waals surface area (Å²) in [4.78, 5) is 1.08. The molecule has 0 radical (unpaired) electrons. The van der Waals surface area contributed by atoms with E-state index >= 15 is 0 Å². The van der Waals surface area contributed by atoms with Gasteiger partial charge in [0.1, 0.15) is 0 Å². The second kappa shape index (κ2) is 4.87. The number of thiazole rings is 1. The fourth-order valence-electron chi connectivity index (χ4n) is 0.948. The van der Waals surface area contributed by atoms with Crippen LogP contribution in [0.15, 0.2) is 17.5 Å². The summed E-state index contributed by atoms with van der Waals surface area (Å²) in [6, 6.07) is 3.99. The maximum absolute atomic E-state index is 8.49. The third-order valence-corrected chi connectivity index (χ3v) is 2.39. The molecule has 2 N–H and O–H groups in total. The number of anilines is 1. The minimum atomic E-state index is -4.94. The lowest BCUT2D eigenvalue weighted by Gasteiger charge is -2.17. The summed E-state index contributed by atoms with van der Waals surface area (Å²) in [6.07, 6.45) is 0. The fourth-order valence-corrected chi connectivity index (χ4v) is 1.68. The number of nitrogens with two attached hydrogens (primary N) is 1. The number of hydrogen-bond donors (Lipinski definition) is 1. The van der Waals surface area contributed by atoms with Crippen molar-refractivity contribution in [3.8, 4) is 0 Å². The highest BCUT2D eigenvalue weighted by Gasteiger charge is 2.06. The quantitative estimate of drug-likeness (QED) is 0.483. The van der Waals surface area contributed by atoms with Gasteiger partial charge in [0.25, 0.3) is 0 Å². The summed E-state index contributed by atoms with van der Waals surface area (Å²) < 4.78 is 35.7. The Bertz CT molecular complexity index is 478. The Hall–Kier alpha value is -1.03. The highest BCUT2D eigenvalue weighted by atomic mass is 35.7. The SMILES string of the molecule is Cc1ccc2scc(N)[n+]2n1.[O-][Cl+3]([O-])([O-])[O-]. The van der Waals surface area contributed by atoms with Crippen LogP contribution < -0.4 is 28.9 Å². The van der Waals surface area contributed by atoms with Gasteiger partial charge in [-0.3, -0.25) is 5.73 Å². The standard InChI is InChI=1S/C7H8N3S.ClHO4/c1-5-2-3-7-10(9-5)6(8)4-11-7;2-1(3,4)5/h2-4H,8H2,1H3;(H,2,3,4,5)/q+1;/p-1. The van der Waals surface area contributed by atoms with Crippen molar-refractivity contribution in [3.63, 3.8) is 0 Å². The van der Waals surface area contributed by atoms with E-state index in [1.54, 1.807) is 15.9 Å². The molecule has 0 fully saturated rings. The Labute approximate surface area is 96.7 Å². The van der Waals surface area contributed by atoms with Crippen LogP contribution in [0.25, 0.3) is 4.83 Å². The molecular formula is C7H8ClN3O4S. The van der Waals surface area contributed by atoms with Crippen LogP contribution in [0.2, 0.25) is 0 Å². The smallest absolute Gasteiger partial charge is 0.284 e. The molecule has 2 aromatic rings. The van der Waals surface area contributed by atoms with Crippen LogP contribution in [0, 0.1) is 17.2 Å². The van der Waals surface area contributed by atoms with Gasteiger partial charge in [-0.1, -0.05) is 21.0 Å². The van der Waals surface area contributed by atoms with Crippen LogP contribution >= 0.6 is 11.3 Å². The molecule has 7 nitrogen and oxygen atoms in total. The van der Waals surface area contributed by atoms with Crippen LogP contribution in [-0.4, -0.2) is 5.10 Å². The highest BCUT2D eigenvalue weighted by Crippen LogP contribution is 2.08. The minimum Gasteiger partial charge on any atom is -0.284 e. The maximum atomic E-state index is 8.49. The number of aryl methyl sites for hydroxylation is 1. The molecule has 0 aliphatic carbocycles. The van der Waals surface area contributed by atoms with Crippen molar-refractivity contribution in [1.29, 1.82) is 0 Å². The minimum absolute atomic E-state index is 0.703. The van der Waals surface area contributed by atoms with Crippen LogP contribution in [-0.2, 0) is 0 Å². The first-order valence-electron chi connectivity index (χ1n) is 3.92. The van der Waals surface area contributed by atoms with Crippen LogP contribution in [0.1, 0.15) is 5.69 Å². The van der Waals surface area contributed by atoms with Gasteiger partial charge < -0.3 is 0 Å². The molecule has 0 aromatic carbocycles. The zero-order valence-corrected chi connectivity index (χ0v) is 9.70. The molecule has 0 saturated carbocycles. The zero-order valence-electron chi connectivity index (χ0n) is 8.12. The van der Waals surface area contributed by atoms with E-state index in [1.165, 1.54) is 0 Å². The molecule has 0 amide bonds. The summed E-state index contributed by atoms with van der Waals surface area (Å²) in [7, 11) is -4.94. The molecule has 0 bridgehead atoms. The van der Waals surface area contributed by atoms with Gasteiger partial charge in [0, 0.05) is 6.07 Å². The normalized spacial score (nSPS) is 11.1. The summed E-state index contributed by atoms with van der Waals surface area (Å²) in [5.41, 5.74) is 6.64. The van der Waals surface area contributed by atoms with E-state index in [-0.39, 0.29) is 0 Å². The first-order valence-corrected chi connectivity index (χ1v) is 6.03. The Kier molecular flexibility index (Phi) is 3.97. The molecule has 0 spiro atoms. The lowest BCUT2D eigenvalue weighted by atomic mass is 10.4. The molecule has 0 aliphatic rings. The average molecular weight is 266 g/mol. The van der Waals surface area contributed by atoms with E-state index in [2.05, 4.69) is 5.10 Å². The molecule has 0 unspecified atom stereocenters. The lowest BCUT2D eigenvalue weighted by Crippen LogP contribution is -2.68. The molecule has 0 aliphatic heterocycles. The van der Waals surface area contributed by atoms with Gasteiger partial charge in [0.2, 0.25) is 4.83 Å². The summed E-state index contributed by atoms with van der Waals surface area (Å²) in [5.74, 6) is 0.703. The molecule has 88 valence electrons. The van der Waals surface area contributed by atoms with E-state index in [0.29, 0.717) is 5.82 Å². The maximum Gasteiger partial charge on any atom is 0.309 e. The van der Waals surface area contributed by atoms with Gasteiger partial charge >= 0.3 is 5.82 Å². The van der Waals surface area contributed by atoms with E-state index in [0.717, 1.165) is 10.5 Å². The summed E-state index contributed by atoms with van der Waals surface area (Å²) in [5, 5.41) is 6.13. The van der Waals surface area contributed by atoms with Gasteiger partial charge in [-0.25, -0.2) is 18.6 Å². The molecule has 2 aromatic heterocycles. The highest BCUT2D eigenvalue weighted by molar-refractivity contribution is 7.15. The van der Waals surface area contributed by atoms with Crippen molar-refractivity contribution in [3.05, 3.63) is 23.2 Å². The van der Waals surface area contributed by atoms with Crippen LogP contribution in [0.3, 0.4) is 0 Å². The second-order valence-electron chi connectivity index (χ2n) is 2.76. The topological polar surface area (TPSA) is 135 Å². The van der Waals surface area contributed by atoms with Crippen molar-refractivity contribution in [1.82, 2.24) is 5.10 Å². The van der Waals surface area contributed by atoms with E-state index < -0.39 is 10.2 Å². The van der Waals surface area contributed by atoms with Gasteiger partial charge in [-0.15, -0.1) is 10.2 Å². The Morgan fingerprint density at radius 1 is 1.31 bits per heavy atom. The number of hydrogen-bond acceptors (Lipinski definition) is 7. The number of fused-ring (bicyclic) bond motifs is 1. The zero-order chi connectivity index (χ0) is 12.3. The molecule has 16 heavy (non-hydrogen) atoms. The van der Waals surface area contributed by atoms with Gasteiger partial charge in [-0.2, -0.15) is 0 Å². The number of nitrogen functional groups attached to an aromatic ring is 1. The Morgan fingerprint density at radius 3 is 2.44 bits per heavy atom. The Balaban J connectivity index is 0.000000221. The molecule has 0 atom stereocenters. The number of aromatic nitrogens is 2. The number of nitrogens with zero attached hydrogens (tertiary/aromatic N) is 2. The number of halogens is 1. The van der Waals surface area contributed by atoms with Gasteiger partial charge in [0.05, 0.1) is 11.1 Å². The van der Waals surface area contributed by atoms with Crippen molar-refractivity contribution in [2.45, 2.75) is 6.92 Å². The van der Waals surface area contributed by atoms with E-state index in [9.17, 15) is 0 Å². The first kappa shape index (κ1) is 13.0. The predicted octanol–water partition coefficient (Wildman–Crippen LogP) is -3.98. The van der Waals surface area contributed by atoms with E-state index in [1.807, 2.05) is 24.4 Å². The van der Waals surface area contributed by atoms with Gasteiger partial charge in [0.15, 0.2) is 0 Å². The summed E-state index contributed by atoms with van der Waals surface area (Å²) >= 11 is 1.60. The monoisotopic (exact) mass is 265 g/mol. The molecule has 2 rings (SSSR count). The molecule has 2 heterocycles. The van der Waals surface area contributed by atoms with Crippen molar-refractivity contribution < 1.29 is 33.4 Å². The first-order chi connectivity index (χ1) is 7.27. The van der Waals surface area contributed by atoms with Gasteiger partial charge in [-0.05, 0) is 13.0 Å². The second-order valence-corrected chi connectivity index (χ2v) is 4.41. The van der Waals surface area contributed by atoms with Crippen molar-refractivity contribution >= 4 is 22.0 Å². The average Bonchev–Trinajstić information content (AvgIpc) is 2.45. The fraction of sp³-hybridized carbons (Fsp3) is 0.143. The third-order valence-electron chi connectivity index (χ3n) is 1.48. The van der Waals surface area contributed by atoms with Crippen molar-refractivity contribution in [2.24, 2.45) is 0 Å². The predicted molar refractivity (Wildman–Crippen MR) is 44.4 cm³/mol. The largest absolute Gasteiger partial charge is 0.309 e. The lowest BCUT2D eigenvalue weighted by molar-refractivity contribution is -2.00. The van der Waals surface area contributed by atoms with Crippen molar-refractivity contribution in [2.75, 3.05) is 5.73 Å². The van der Waals surface area contributed by atoms with Crippen LogP contribution in [0.5, 0.6) is 0 Å². The van der Waals surface area contributed by atoms with Crippen LogP contribution in [0.4, 0.5) is 5.82 Å². The molecule has 0 saturated heterocycles. The summed E-state index contributed by atoms with van der Waals surface area (Å²) in [6.45, 7) is 1.95. The molecular weight excluding hydrogens is 258 g/mol. The molecule has 9 heteroatoms. The number of rotatable bonds is 0. The van der Waals surface area contributed by atoms with E-state index in [4.69, 9.17) is 24.4 Å².